The van der Waals surface area contributed by atoms with E-state index in [-0.39, 0.29) is 6.61 Å². The largest absolute Gasteiger partial charge is 0.486 e. The minimum atomic E-state index is -0.998. The van der Waals surface area contributed by atoms with Gasteiger partial charge in [-0.3, -0.25) is 0 Å². The molecule has 0 fully saturated rings. The van der Waals surface area contributed by atoms with Crippen LogP contribution < -0.4 is 14.4 Å². The van der Waals surface area contributed by atoms with Gasteiger partial charge in [0.2, 0.25) is 0 Å². The molecule has 1 heterocycles. The van der Waals surface area contributed by atoms with Crippen molar-refractivity contribution in [1.29, 1.82) is 0 Å². The van der Waals surface area contributed by atoms with Crippen molar-refractivity contribution >= 4 is 23.4 Å². The number of hydrogen-bond acceptors (Lipinski definition) is 5. The molecule has 0 saturated heterocycles. The molecule has 0 amide bonds. The van der Waals surface area contributed by atoms with Crippen molar-refractivity contribution in [1.82, 2.24) is 0 Å². The van der Waals surface area contributed by atoms with E-state index in [1.807, 2.05) is 30.0 Å². The second-order valence-electron chi connectivity index (χ2n) is 5.66. The number of hydrogen-bond donors (Lipinski definition) is 1. The predicted octanol–water partition coefficient (Wildman–Crippen LogP) is 3.28. The first kappa shape index (κ1) is 17.5. The van der Waals surface area contributed by atoms with Gasteiger partial charge in [-0.25, -0.2) is 4.79 Å². The van der Waals surface area contributed by atoms with Crippen LogP contribution in [0, 0.1) is 0 Å². The van der Waals surface area contributed by atoms with Crippen LogP contribution in [-0.4, -0.2) is 43.1 Å². The molecule has 0 unspecified atom stereocenters. The average molecular weight is 359 g/mol. The smallest absolute Gasteiger partial charge is 0.341 e. The SMILES string of the molecule is O=C(O)COc1cccc2c1OCCN2CCSCc1ccccc1. The van der Waals surface area contributed by atoms with Gasteiger partial charge in [-0.15, -0.1) is 0 Å². The predicted molar refractivity (Wildman–Crippen MR) is 99.9 cm³/mol. The lowest BCUT2D eigenvalue weighted by Gasteiger charge is -2.32. The molecule has 0 saturated carbocycles. The van der Waals surface area contributed by atoms with Crippen LogP contribution in [0.4, 0.5) is 5.69 Å². The van der Waals surface area contributed by atoms with Gasteiger partial charge in [0.15, 0.2) is 18.1 Å². The van der Waals surface area contributed by atoms with Gasteiger partial charge in [0.05, 0.1) is 12.2 Å². The molecule has 0 atom stereocenters. The third kappa shape index (κ3) is 4.82. The molecule has 3 rings (SSSR count). The molecule has 25 heavy (non-hydrogen) atoms. The number of carboxylic acids is 1. The molecule has 0 radical (unpaired) electrons. The number of nitrogens with zero attached hydrogens (tertiary/aromatic N) is 1. The van der Waals surface area contributed by atoms with E-state index in [0.717, 1.165) is 30.3 Å². The fourth-order valence-electron chi connectivity index (χ4n) is 2.70. The quantitative estimate of drug-likeness (QED) is 0.730. The summed E-state index contributed by atoms with van der Waals surface area (Å²) < 4.78 is 11.1. The van der Waals surface area contributed by atoms with Crippen LogP contribution in [-0.2, 0) is 10.5 Å². The summed E-state index contributed by atoms with van der Waals surface area (Å²) in [5.74, 6) is 2.14. The zero-order valence-electron chi connectivity index (χ0n) is 13.9. The highest BCUT2D eigenvalue weighted by Gasteiger charge is 2.21. The van der Waals surface area contributed by atoms with Crippen LogP contribution in [0.2, 0.25) is 0 Å². The van der Waals surface area contributed by atoms with Crippen molar-refractivity contribution in [2.75, 3.05) is 37.0 Å². The molecule has 1 N–H and O–H groups in total. The van der Waals surface area contributed by atoms with Gasteiger partial charge < -0.3 is 19.5 Å². The van der Waals surface area contributed by atoms with Crippen molar-refractivity contribution in [2.24, 2.45) is 0 Å². The van der Waals surface area contributed by atoms with Crippen molar-refractivity contribution in [3.63, 3.8) is 0 Å². The fourth-order valence-corrected chi connectivity index (χ4v) is 3.62. The summed E-state index contributed by atoms with van der Waals surface area (Å²) in [6.45, 7) is 1.94. The van der Waals surface area contributed by atoms with Crippen molar-refractivity contribution in [3.05, 3.63) is 54.1 Å². The van der Waals surface area contributed by atoms with Gasteiger partial charge in [0.25, 0.3) is 0 Å². The minimum Gasteiger partial charge on any atom is -0.486 e. The molecule has 0 bridgehead atoms. The number of carbonyl (C=O) groups is 1. The van der Waals surface area contributed by atoms with Gasteiger partial charge in [-0.05, 0) is 17.7 Å². The average Bonchev–Trinajstić information content (AvgIpc) is 2.64. The normalized spacial score (nSPS) is 13.0. The molecule has 132 valence electrons. The fraction of sp³-hybridized carbons (Fsp3) is 0.316. The van der Waals surface area contributed by atoms with Crippen LogP contribution in [0.15, 0.2) is 48.5 Å². The van der Waals surface area contributed by atoms with Crippen molar-refractivity contribution < 1.29 is 19.4 Å². The molecular formula is C19H21NO4S. The Labute approximate surface area is 151 Å². The molecule has 0 spiro atoms. The number of aliphatic carboxylic acids is 1. The summed E-state index contributed by atoms with van der Waals surface area (Å²) >= 11 is 1.90. The van der Waals surface area contributed by atoms with E-state index >= 15 is 0 Å². The summed E-state index contributed by atoms with van der Waals surface area (Å²) in [4.78, 5) is 13.0. The third-order valence-electron chi connectivity index (χ3n) is 3.87. The minimum absolute atomic E-state index is 0.368. The maximum absolute atomic E-state index is 10.7. The monoisotopic (exact) mass is 359 g/mol. The van der Waals surface area contributed by atoms with Gasteiger partial charge >= 0.3 is 5.97 Å². The number of ether oxygens (including phenoxy) is 2. The molecule has 5 nitrogen and oxygen atoms in total. The Balaban J connectivity index is 1.57. The maximum Gasteiger partial charge on any atom is 0.341 e. The summed E-state index contributed by atoms with van der Waals surface area (Å²) in [5.41, 5.74) is 2.30. The lowest BCUT2D eigenvalue weighted by Crippen LogP contribution is -2.34. The Bertz CT molecular complexity index is 708. The molecule has 6 heteroatoms. The molecule has 2 aromatic rings. The molecule has 2 aromatic carbocycles. The van der Waals surface area contributed by atoms with E-state index in [9.17, 15) is 4.79 Å². The maximum atomic E-state index is 10.7. The Hall–Kier alpha value is -2.34. The van der Waals surface area contributed by atoms with E-state index in [2.05, 4.69) is 29.2 Å². The van der Waals surface area contributed by atoms with Crippen LogP contribution in [0.3, 0.4) is 0 Å². The van der Waals surface area contributed by atoms with Gasteiger partial charge in [0, 0.05) is 18.1 Å². The van der Waals surface area contributed by atoms with E-state index < -0.39 is 5.97 Å². The second-order valence-corrected chi connectivity index (χ2v) is 6.77. The van der Waals surface area contributed by atoms with E-state index in [1.165, 1.54) is 5.56 Å². The van der Waals surface area contributed by atoms with E-state index in [1.54, 1.807) is 6.07 Å². The Kier molecular flexibility index (Phi) is 6.06. The van der Waals surface area contributed by atoms with Gasteiger partial charge in [-0.1, -0.05) is 36.4 Å². The Morgan fingerprint density at radius 2 is 2.04 bits per heavy atom. The first-order valence-corrected chi connectivity index (χ1v) is 9.36. The lowest BCUT2D eigenvalue weighted by molar-refractivity contribution is -0.139. The number of rotatable bonds is 8. The molecule has 0 aliphatic carbocycles. The van der Waals surface area contributed by atoms with Crippen LogP contribution in [0.1, 0.15) is 5.56 Å². The first-order valence-electron chi connectivity index (χ1n) is 8.21. The van der Waals surface area contributed by atoms with Crippen LogP contribution >= 0.6 is 11.8 Å². The zero-order chi connectivity index (χ0) is 17.5. The number of anilines is 1. The van der Waals surface area contributed by atoms with E-state index in [0.29, 0.717) is 18.1 Å². The van der Waals surface area contributed by atoms with Crippen LogP contribution in [0.5, 0.6) is 11.5 Å². The number of carboxylic acid groups (broad SMARTS) is 1. The first-order chi connectivity index (χ1) is 12.2. The second kappa shape index (κ2) is 8.67. The molecule has 0 aromatic heterocycles. The summed E-state index contributed by atoms with van der Waals surface area (Å²) in [6.07, 6.45) is 0. The Morgan fingerprint density at radius 1 is 1.20 bits per heavy atom. The number of fused-ring (bicyclic) bond motifs is 1. The highest BCUT2D eigenvalue weighted by molar-refractivity contribution is 7.98. The van der Waals surface area contributed by atoms with Gasteiger partial charge in [-0.2, -0.15) is 11.8 Å². The third-order valence-corrected chi connectivity index (χ3v) is 4.88. The lowest BCUT2D eigenvalue weighted by atomic mass is 10.2. The zero-order valence-corrected chi connectivity index (χ0v) is 14.7. The molecule has 1 aliphatic heterocycles. The topological polar surface area (TPSA) is 59.0 Å². The summed E-state index contributed by atoms with van der Waals surface area (Å²) in [6, 6.07) is 16.0. The number of thioether (sulfide) groups is 1. The van der Waals surface area contributed by atoms with Gasteiger partial charge in [0.1, 0.15) is 6.61 Å². The molecular weight excluding hydrogens is 338 g/mol. The highest BCUT2D eigenvalue weighted by Crippen LogP contribution is 2.39. The number of benzene rings is 2. The van der Waals surface area contributed by atoms with Crippen molar-refractivity contribution in [2.45, 2.75) is 5.75 Å². The number of para-hydroxylation sites is 1. The van der Waals surface area contributed by atoms with Crippen molar-refractivity contribution in [3.8, 4) is 11.5 Å². The Morgan fingerprint density at radius 3 is 2.84 bits per heavy atom. The summed E-state index contributed by atoms with van der Waals surface area (Å²) in [7, 11) is 0. The summed E-state index contributed by atoms with van der Waals surface area (Å²) in [5, 5.41) is 8.79. The standard InChI is InChI=1S/C19H21NO4S/c21-18(22)13-24-17-8-4-7-16-19(17)23-11-9-20(16)10-12-25-14-15-5-2-1-3-6-15/h1-8H,9-14H2,(H,21,22). The van der Waals surface area contributed by atoms with E-state index in [4.69, 9.17) is 14.6 Å². The van der Waals surface area contributed by atoms with Crippen LogP contribution in [0.25, 0.3) is 0 Å². The highest BCUT2D eigenvalue weighted by atomic mass is 32.2. The molecule has 1 aliphatic rings.